The standard InChI is InChI=1S/C11H17NO3Si/c1-13-16(14-2,15-10-12)9-8-11-6-4-3-5-7-11/h3-9H,10,12H2,1-2H3. The number of benzene rings is 1. The Morgan fingerprint density at radius 2 is 1.81 bits per heavy atom. The summed E-state index contributed by atoms with van der Waals surface area (Å²) < 4.78 is 15.9. The number of rotatable bonds is 6. The van der Waals surface area contributed by atoms with Gasteiger partial charge in [-0.05, 0) is 11.3 Å². The maximum atomic E-state index is 5.35. The van der Waals surface area contributed by atoms with Crippen molar-refractivity contribution in [2.75, 3.05) is 21.0 Å². The predicted molar refractivity (Wildman–Crippen MR) is 65.4 cm³/mol. The molecule has 4 nitrogen and oxygen atoms in total. The van der Waals surface area contributed by atoms with Gasteiger partial charge in [0.1, 0.15) is 0 Å². The summed E-state index contributed by atoms with van der Waals surface area (Å²) >= 11 is 0. The minimum absolute atomic E-state index is 0.0764. The van der Waals surface area contributed by atoms with Crippen LogP contribution in [0.15, 0.2) is 36.0 Å². The van der Waals surface area contributed by atoms with Gasteiger partial charge in [0.2, 0.25) is 0 Å². The van der Waals surface area contributed by atoms with Gasteiger partial charge in [0.05, 0.1) is 6.73 Å². The lowest BCUT2D eigenvalue weighted by atomic mass is 10.2. The van der Waals surface area contributed by atoms with Gasteiger partial charge in [0.15, 0.2) is 0 Å². The van der Waals surface area contributed by atoms with Gasteiger partial charge >= 0.3 is 8.80 Å². The molecule has 0 saturated heterocycles. The van der Waals surface area contributed by atoms with Gasteiger partial charge < -0.3 is 19.0 Å². The first kappa shape index (κ1) is 13.1. The Morgan fingerprint density at radius 1 is 1.19 bits per heavy atom. The van der Waals surface area contributed by atoms with Crippen LogP contribution >= 0.6 is 0 Å². The average molecular weight is 239 g/mol. The first-order valence-electron chi connectivity index (χ1n) is 4.95. The van der Waals surface area contributed by atoms with Crippen LogP contribution in [0.4, 0.5) is 0 Å². The van der Waals surface area contributed by atoms with Crippen molar-refractivity contribution in [1.82, 2.24) is 0 Å². The van der Waals surface area contributed by atoms with Crippen molar-refractivity contribution >= 4 is 14.9 Å². The van der Waals surface area contributed by atoms with E-state index < -0.39 is 8.80 Å². The van der Waals surface area contributed by atoms with Gasteiger partial charge in [-0.2, -0.15) is 0 Å². The third kappa shape index (κ3) is 3.55. The van der Waals surface area contributed by atoms with Gasteiger partial charge in [0.25, 0.3) is 0 Å². The highest BCUT2D eigenvalue weighted by Gasteiger charge is 2.35. The van der Waals surface area contributed by atoms with E-state index in [4.69, 9.17) is 19.0 Å². The minimum Gasteiger partial charge on any atom is -0.374 e. The molecule has 0 amide bonds. The summed E-state index contributed by atoms with van der Waals surface area (Å²) in [5, 5.41) is 0. The van der Waals surface area contributed by atoms with Gasteiger partial charge in [-0.15, -0.1) is 0 Å². The Balaban J connectivity index is 2.79. The van der Waals surface area contributed by atoms with E-state index in [0.29, 0.717) is 0 Å². The largest absolute Gasteiger partial charge is 0.530 e. The topological polar surface area (TPSA) is 53.7 Å². The molecule has 0 radical (unpaired) electrons. The molecule has 1 aromatic rings. The molecule has 0 fully saturated rings. The third-order valence-electron chi connectivity index (χ3n) is 2.13. The molecule has 88 valence electrons. The maximum absolute atomic E-state index is 5.35. The predicted octanol–water partition coefficient (Wildman–Crippen LogP) is 1.40. The Kier molecular flexibility index (Phi) is 5.37. The molecule has 0 aliphatic heterocycles. The highest BCUT2D eigenvalue weighted by atomic mass is 28.4. The molecule has 0 spiro atoms. The summed E-state index contributed by atoms with van der Waals surface area (Å²) in [6, 6.07) is 9.87. The molecule has 0 bridgehead atoms. The zero-order chi connectivity index (χ0) is 11.9. The fraction of sp³-hybridized carbons (Fsp3) is 0.273. The number of hydrogen-bond acceptors (Lipinski definition) is 4. The molecule has 0 saturated carbocycles. The van der Waals surface area contributed by atoms with E-state index in [0.717, 1.165) is 5.56 Å². The smallest absolute Gasteiger partial charge is 0.374 e. The molecular formula is C11H17NO3Si. The second kappa shape index (κ2) is 6.57. The molecule has 0 aromatic heterocycles. The van der Waals surface area contributed by atoms with Crippen LogP contribution in [0.5, 0.6) is 0 Å². The van der Waals surface area contributed by atoms with E-state index in [2.05, 4.69) is 0 Å². The summed E-state index contributed by atoms with van der Waals surface area (Å²) in [6.07, 6.45) is 1.91. The molecule has 1 rings (SSSR count). The Bertz CT molecular complexity index is 325. The van der Waals surface area contributed by atoms with Crippen LogP contribution < -0.4 is 5.73 Å². The van der Waals surface area contributed by atoms with E-state index in [1.165, 1.54) is 0 Å². The van der Waals surface area contributed by atoms with Crippen molar-refractivity contribution in [1.29, 1.82) is 0 Å². The molecule has 0 aliphatic carbocycles. The lowest BCUT2D eigenvalue weighted by molar-refractivity contribution is 0.115. The SMILES string of the molecule is CO[Si](C=Cc1ccccc1)(OC)OCN. The molecular weight excluding hydrogens is 222 g/mol. The van der Waals surface area contributed by atoms with E-state index in [-0.39, 0.29) is 6.73 Å². The van der Waals surface area contributed by atoms with Crippen LogP contribution in [0.2, 0.25) is 0 Å². The minimum atomic E-state index is -2.73. The first-order valence-corrected chi connectivity index (χ1v) is 6.75. The molecule has 0 heterocycles. The normalized spacial score (nSPS) is 12.2. The maximum Gasteiger partial charge on any atom is 0.530 e. The number of hydrogen-bond donors (Lipinski definition) is 1. The van der Waals surface area contributed by atoms with E-state index in [1.54, 1.807) is 14.2 Å². The van der Waals surface area contributed by atoms with Gasteiger partial charge in [-0.1, -0.05) is 36.4 Å². The van der Waals surface area contributed by atoms with Crippen molar-refractivity contribution in [3.63, 3.8) is 0 Å². The van der Waals surface area contributed by atoms with E-state index >= 15 is 0 Å². The Morgan fingerprint density at radius 3 is 2.31 bits per heavy atom. The summed E-state index contributed by atoms with van der Waals surface area (Å²) in [5.74, 6) is 0. The van der Waals surface area contributed by atoms with Crippen LogP contribution in [-0.4, -0.2) is 29.8 Å². The van der Waals surface area contributed by atoms with Gasteiger partial charge in [-0.3, -0.25) is 0 Å². The highest BCUT2D eigenvalue weighted by molar-refractivity contribution is 6.66. The lowest BCUT2D eigenvalue weighted by Gasteiger charge is -2.21. The molecule has 0 atom stereocenters. The second-order valence-electron chi connectivity index (χ2n) is 3.07. The van der Waals surface area contributed by atoms with Crippen LogP contribution in [0.25, 0.3) is 6.08 Å². The summed E-state index contributed by atoms with van der Waals surface area (Å²) in [7, 11) is 0.381. The van der Waals surface area contributed by atoms with Crippen LogP contribution in [0, 0.1) is 0 Å². The van der Waals surface area contributed by atoms with Crippen molar-refractivity contribution in [2.45, 2.75) is 0 Å². The zero-order valence-electron chi connectivity index (χ0n) is 9.55. The van der Waals surface area contributed by atoms with Crippen LogP contribution in [0.3, 0.4) is 0 Å². The number of nitrogens with two attached hydrogens (primary N) is 1. The molecule has 0 unspecified atom stereocenters. The van der Waals surface area contributed by atoms with Crippen molar-refractivity contribution in [3.8, 4) is 0 Å². The van der Waals surface area contributed by atoms with E-state index in [9.17, 15) is 0 Å². The quantitative estimate of drug-likeness (QED) is 0.602. The van der Waals surface area contributed by atoms with Crippen LogP contribution in [-0.2, 0) is 13.3 Å². The summed E-state index contributed by atoms with van der Waals surface area (Å²) in [4.78, 5) is 0. The molecule has 16 heavy (non-hydrogen) atoms. The molecule has 1 aromatic carbocycles. The van der Waals surface area contributed by atoms with Crippen LogP contribution in [0.1, 0.15) is 5.56 Å². The lowest BCUT2D eigenvalue weighted by Crippen LogP contribution is -2.43. The molecule has 0 aliphatic rings. The van der Waals surface area contributed by atoms with Crippen molar-refractivity contribution < 1.29 is 13.3 Å². The fourth-order valence-electron chi connectivity index (χ4n) is 1.26. The molecule has 5 heteroatoms. The zero-order valence-corrected chi connectivity index (χ0v) is 10.6. The fourth-order valence-corrected chi connectivity index (χ4v) is 2.66. The van der Waals surface area contributed by atoms with Crippen molar-refractivity contribution in [2.24, 2.45) is 5.73 Å². The van der Waals surface area contributed by atoms with Crippen molar-refractivity contribution in [3.05, 3.63) is 41.6 Å². The summed E-state index contributed by atoms with van der Waals surface area (Å²) in [6.45, 7) is 0.0764. The molecule has 2 N–H and O–H groups in total. The van der Waals surface area contributed by atoms with Gasteiger partial charge in [0, 0.05) is 14.2 Å². The van der Waals surface area contributed by atoms with E-state index in [1.807, 2.05) is 42.1 Å². The Hall–Kier alpha value is -0.983. The third-order valence-corrected chi connectivity index (χ3v) is 4.42. The second-order valence-corrected chi connectivity index (χ2v) is 5.71. The van der Waals surface area contributed by atoms with Gasteiger partial charge in [-0.25, -0.2) is 0 Å². The summed E-state index contributed by atoms with van der Waals surface area (Å²) in [5.41, 5.74) is 8.23. The highest BCUT2D eigenvalue weighted by Crippen LogP contribution is 2.11. The Labute approximate surface area is 97.0 Å². The monoisotopic (exact) mass is 239 g/mol. The average Bonchev–Trinajstić information content (AvgIpc) is 2.36. The first-order chi connectivity index (χ1) is 7.76.